The predicted molar refractivity (Wildman–Crippen MR) is 56.1 cm³/mol. The largest absolute Gasteiger partial charge is 0.346 e. The fourth-order valence-electron chi connectivity index (χ4n) is 0.991. The van der Waals surface area contributed by atoms with Gasteiger partial charge in [-0.2, -0.15) is 0 Å². The molecule has 0 unspecified atom stereocenters. The Morgan fingerprint density at radius 1 is 1.21 bits per heavy atom. The molecule has 0 rings (SSSR count). The van der Waals surface area contributed by atoms with Gasteiger partial charge in [-0.05, 0) is 27.2 Å². The van der Waals surface area contributed by atoms with Gasteiger partial charge in [0.25, 0.3) is 0 Å². The van der Waals surface area contributed by atoms with Crippen molar-refractivity contribution in [3.63, 3.8) is 0 Å². The number of ketones is 1. The smallest absolute Gasteiger partial charge is 0.217 e. The van der Waals surface area contributed by atoms with Gasteiger partial charge in [0.05, 0.1) is 0 Å². The molecule has 14 heavy (non-hydrogen) atoms. The number of allylic oxidation sites excluding steroid dienone is 1. The monoisotopic (exact) mass is 200 g/mol. The minimum absolute atomic E-state index is 0.00306. The summed E-state index contributed by atoms with van der Waals surface area (Å²) in [6.07, 6.45) is 0.458. The second-order valence-electron chi connectivity index (χ2n) is 3.17. The zero-order valence-electron chi connectivity index (χ0n) is 9.34. The summed E-state index contributed by atoms with van der Waals surface area (Å²) < 4.78 is 10.4. The van der Waals surface area contributed by atoms with E-state index in [1.165, 1.54) is 0 Å². The maximum absolute atomic E-state index is 11.5. The molecule has 0 bridgehead atoms. The van der Waals surface area contributed by atoms with E-state index in [1.807, 2.05) is 20.8 Å². The highest BCUT2D eigenvalue weighted by molar-refractivity contribution is 5.82. The van der Waals surface area contributed by atoms with Crippen molar-refractivity contribution in [3.05, 3.63) is 12.2 Å². The summed E-state index contributed by atoms with van der Waals surface area (Å²) in [4.78, 5) is 11.5. The maximum Gasteiger partial charge on any atom is 0.217 e. The SMILES string of the molecule is C=C(C)CCC(=O)C(OCC)OCC. The fraction of sp³-hybridized carbons (Fsp3) is 0.727. The molecular weight excluding hydrogens is 180 g/mol. The molecule has 0 N–H and O–H groups in total. The fourth-order valence-corrected chi connectivity index (χ4v) is 0.991. The molecule has 0 aliphatic rings. The minimum Gasteiger partial charge on any atom is -0.346 e. The lowest BCUT2D eigenvalue weighted by Gasteiger charge is -2.15. The van der Waals surface area contributed by atoms with Crippen molar-refractivity contribution in [3.8, 4) is 0 Å². The first-order valence-electron chi connectivity index (χ1n) is 5.02. The van der Waals surface area contributed by atoms with Crippen LogP contribution in [0.1, 0.15) is 33.6 Å². The molecule has 0 atom stereocenters. The van der Waals surface area contributed by atoms with Crippen LogP contribution in [0.4, 0.5) is 0 Å². The van der Waals surface area contributed by atoms with Gasteiger partial charge in [0.15, 0.2) is 5.78 Å². The Hall–Kier alpha value is -0.670. The molecule has 3 heteroatoms. The summed E-state index contributed by atoms with van der Waals surface area (Å²) in [5.74, 6) is -0.00306. The molecule has 3 nitrogen and oxygen atoms in total. The molecule has 0 spiro atoms. The number of carbonyl (C=O) groups excluding carboxylic acids is 1. The molecule has 0 saturated carbocycles. The van der Waals surface area contributed by atoms with Crippen LogP contribution < -0.4 is 0 Å². The average molecular weight is 200 g/mol. The lowest BCUT2D eigenvalue weighted by Crippen LogP contribution is -2.27. The van der Waals surface area contributed by atoms with E-state index in [1.54, 1.807) is 0 Å². The molecule has 0 radical (unpaired) electrons. The van der Waals surface area contributed by atoms with Gasteiger partial charge in [-0.15, -0.1) is 6.58 Å². The van der Waals surface area contributed by atoms with E-state index in [9.17, 15) is 4.79 Å². The Kier molecular flexibility index (Phi) is 7.34. The third-order valence-corrected chi connectivity index (χ3v) is 1.70. The molecule has 0 aliphatic heterocycles. The molecule has 0 aromatic carbocycles. The van der Waals surface area contributed by atoms with E-state index >= 15 is 0 Å². The summed E-state index contributed by atoms with van der Waals surface area (Å²) in [6.45, 7) is 10.3. The number of hydrogen-bond acceptors (Lipinski definition) is 3. The van der Waals surface area contributed by atoms with Gasteiger partial charge in [-0.25, -0.2) is 0 Å². The van der Waals surface area contributed by atoms with Crippen LogP contribution in [0.25, 0.3) is 0 Å². The highest BCUT2D eigenvalue weighted by Crippen LogP contribution is 2.06. The first kappa shape index (κ1) is 13.3. The Balaban J connectivity index is 3.94. The molecule has 0 saturated heterocycles. The van der Waals surface area contributed by atoms with Gasteiger partial charge in [0.2, 0.25) is 6.29 Å². The first-order valence-corrected chi connectivity index (χ1v) is 5.02. The minimum atomic E-state index is -0.690. The van der Waals surface area contributed by atoms with Crippen molar-refractivity contribution in [2.24, 2.45) is 0 Å². The Bertz CT molecular complexity index is 181. The molecule has 0 fully saturated rings. The van der Waals surface area contributed by atoms with E-state index in [0.29, 0.717) is 26.1 Å². The third kappa shape index (κ3) is 5.89. The lowest BCUT2D eigenvalue weighted by molar-refractivity contribution is -0.167. The zero-order chi connectivity index (χ0) is 11.0. The van der Waals surface area contributed by atoms with Gasteiger partial charge in [0.1, 0.15) is 0 Å². The Labute approximate surface area is 86.1 Å². The van der Waals surface area contributed by atoms with Gasteiger partial charge in [-0.3, -0.25) is 4.79 Å². The number of Topliss-reactive ketones (excluding diaryl/α,β-unsaturated/α-hetero) is 1. The van der Waals surface area contributed by atoms with Crippen LogP contribution in [0.3, 0.4) is 0 Å². The number of ether oxygens (including phenoxy) is 2. The molecule has 0 aromatic rings. The van der Waals surface area contributed by atoms with Crippen LogP contribution in [0.5, 0.6) is 0 Å². The molecule has 82 valence electrons. The van der Waals surface area contributed by atoms with Crippen molar-refractivity contribution >= 4 is 5.78 Å². The standard InChI is InChI=1S/C11H20O3/c1-5-13-11(14-6-2)10(12)8-7-9(3)4/h11H,3,5-8H2,1-2,4H3. The normalized spacial score (nSPS) is 10.6. The van der Waals surface area contributed by atoms with E-state index in [-0.39, 0.29) is 5.78 Å². The second kappa shape index (κ2) is 7.71. The topological polar surface area (TPSA) is 35.5 Å². The molecule has 0 heterocycles. The van der Waals surface area contributed by atoms with Gasteiger partial charge < -0.3 is 9.47 Å². The second-order valence-corrected chi connectivity index (χ2v) is 3.17. The molecule has 0 aromatic heterocycles. The van der Waals surface area contributed by atoms with Crippen LogP contribution in [0.2, 0.25) is 0 Å². The summed E-state index contributed by atoms with van der Waals surface area (Å²) >= 11 is 0. The lowest BCUT2D eigenvalue weighted by atomic mass is 10.1. The van der Waals surface area contributed by atoms with Crippen LogP contribution in [-0.4, -0.2) is 25.3 Å². The quantitative estimate of drug-likeness (QED) is 0.445. The first-order chi connectivity index (χ1) is 6.61. The van der Waals surface area contributed by atoms with Crippen molar-refractivity contribution in [2.75, 3.05) is 13.2 Å². The molecule has 0 aliphatic carbocycles. The van der Waals surface area contributed by atoms with Crippen molar-refractivity contribution < 1.29 is 14.3 Å². The van der Waals surface area contributed by atoms with Crippen molar-refractivity contribution in [2.45, 2.75) is 39.9 Å². The van der Waals surface area contributed by atoms with Gasteiger partial charge in [0, 0.05) is 19.6 Å². The molecular formula is C11H20O3. The van der Waals surface area contributed by atoms with E-state index in [0.717, 1.165) is 5.57 Å². The number of hydrogen-bond donors (Lipinski definition) is 0. The number of rotatable bonds is 8. The number of carbonyl (C=O) groups is 1. The van der Waals surface area contributed by atoms with E-state index in [4.69, 9.17) is 9.47 Å². The third-order valence-electron chi connectivity index (χ3n) is 1.70. The summed E-state index contributed by atoms with van der Waals surface area (Å²) in [5, 5.41) is 0. The zero-order valence-corrected chi connectivity index (χ0v) is 9.34. The van der Waals surface area contributed by atoms with Crippen LogP contribution in [0.15, 0.2) is 12.2 Å². The maximum atomic E-state index is 11.5. The summed E-state index contributed by atoms with van der Waals surface area (Å²) in [6, 6.07) is 0. The van der Waals surface area contributed by atoms with Crippen molar-refractivity contribution in [1.82, 2.24) is 0 Å². The Morgan fingerprint density at radius 3 is 2.07 bits per heavy atom. The summed E-state index contributed by atoms with van der Waals surface area (Å²) in [7, 11) is 0. The van der Waals surface area contributed by atoms with E-state index in [2.05, 4.69) is 6.58 Å². The highest BCUT2D eigenvalue weighted by Gasteiger charge is 2.17. The summed E-state index contributed by atoms with van der Waals surface area (Å²) in [5.41, 5.74) is 1.00. The van der Waals surface area contributed by atoms with Crippen LogP contribution in [0, 0.1) is 0 Å². The van der Waals surface area contributed by atoms with E-state index < -0.39 is 6.29 Å². The van der Waals surface area contributed by atoms with Gasteiger partial charge in [-0.1, -0.05) is 5.57 Å². The molecule has 0 amide bonds. The van der Waals surface area contributed by atoms with Crippen LogP contribution in [-0.2, 0) is 14.3 Å². The predicted octanol–water partition coefficient (Wildman–Crippen LogP) is 2.31. The van der Waals surface area contributed by atoms with Crippen LogP contribution >= 0.6 is 0 Å². The Morgan fingerprint density at radius 2 is 1.71 bits per heavy atom. The van der Waals surface area contributed by atoms with Crippen molar-refractivity contribution in [1.29, 1.82) is 0 Å². The highest BCUT2D eigenvalue weighted by atomic mass is 16.7. The van der Waals surface area contributed by atoms with Gasteiger partial charge >= 0.3 is 0 Å². The average Bonchev–Trinajstić information content (AvgIpc) is 2.14.